The molecule has 2 rings (SSSR count). The van der Waals surface area contributed by atoms with Crippen molar-refractivity contribution in [2.75, 3.05) is 6.61 Å². The molecule has 2 saturated carbocycles. The highest BCUT2D eigenvalue weighted by Gasteiger charge is 2.47. The third kappa shape index (κ3) is 3.75. The van der Waals surface area contributed by atoms with E-state index >= 15 is 0 Å². The highest BCUT2D eigenvalue weighted by Crippen LogP contribution is 2.50. The average molecular weight is 284 g/mol. The van der Waals surface area contributed by atoms with Crippen LogP contribution in [0.15, 0.2) is 0 Å². The second-order valence-electron chi connectivity index (χ2n) is 7.74. The summed E-state index contributed by atoms with van der Waals surface area (Å²) >= 11 is 0. The first-order valence-corrected chi connectivity index (χ1v) is 8.31. The van der Waals surface area contributed by atoms with Gasteiger partial charge in [-0.2, -0.15) is 0 Å². The van der Waals surface area contributed by atoms with E-state index in [1.807, 2.05) is 13.8 Å². The molecular weight excluding hydrogens is 252 g/mol. The molecule has 2 aliphatic rings. The molecule has 3 heteroatoms. The molecule has 6 atom stereocenters. The lowest BCUT2D eigenvalue weighted by molar-refractivity contribution is -0.0493. The smallest absolute Gasteiger partial charge is 0.0613 e. The first-order valence-electron chi connectivity index (χ1n) is 8.31. The molecule has 118 valence electrons. The largest absolute Gasteiger partial charge is 0.393 e. The van der Waals surface area contributed by atoms with E-state index in [0.717, 1.165) is 19.3 Å². The van der Waals surface area contributed by atoms with Crippen LogP contribution in [-0.2, 0) is 4.74 Å². The van der Waals surface area contributed by atoms with Crippen LogP contribution in [0.1, 0.15) is 59.8 Å². The van der Waals surface area contributed by atoms with E-state index in [1.165, 1.54) is 6.42 Å². The highest BCUT2D eigenvalue weighted by molar-refractivity contribution is 4.96. The second kappa shape index (κ2) is 6.33. The SMILES string of the molecule is C[C@@H]1CCC(O)C2CCC([C@@H](C)OCCC(C)(C)O)C21. The number of ether oxygens (including phenoxy) is 1. The van der Waals surface area contributed by atoms with Crippen molar-refractivity contribution in [2.24, 2.45) is 23.7 Å². The van der Waals surface area contributed by atoms with Crippen molar-refractivity contribution >= 4 is 0 Å². The van der Waals surface area contributed by atoms with Gasteiger partial charge in [-0.15, -0.1) is 0 Å². The van der Waals surface area contributed by atoms with Crippen molar-refractivity contribution in [2.45, 2.75) is 77.6 Å². The lowest BCUT2D eigenvalue weighted by Crippen LogP contribution is -2.39. The zero-order chi connectivity index (χ0) is 14.9. The highest BCUT2D eigenvalue weighted by atomic mass is 16.5. The van der Waals surface area contributed by atoms with Crippen LogP contribution < -0.4 is 0 Å². The maximum atomic E-state index is 10.2. The van der Waals surface area contributed by atoms with Crippen LogP contribution in [0.5, 0.6) is 0 Å². The number of hydrogen-bond acceptors (Lipinski definition) is 3. The lowest BCUT2D eigenvalue weighted by Gasteiger charge is -2.40. The summed E-state index contributed by atoms with van der Waals surface area (Å²) in [6.45, 7) is 8.78. The zero-order valence-corrected chi connectivity index (χ0v) is 13.5. The second-order valence-corrected chi connectivity index (χ2v) is 7.74. The van der Waals surface area contributed by atoms with Gasteiger partial charge in [0.2, 0.25) is 0 Å². The molecule has 0 aliphatic heterocycles. The Labute approximate surface area is 123 Å². The molecule has 0 amide bonds. The zero-order valence-electron chi connectivity index (χ0n) is 13.5. The number of aliphatic hydroxyl groups is 2. The van der Waals surface area contributed by atoms with Crippen molar-refractivity contribution in [3.05, 3.63) is 0 Å². The van der Waals surface area contributed by atoms with Gasteiger partial charge in [0, 0.05) is 6.61 Å². The van der Waals surface area contributed by atoms with Gasteiger partial charge in [0.25, 0.3) is 0 Å². The Balaban J connectivity index is 1.88. The molecule has 2 aliphatic carbocycles. The Morgan fingerprint density at radius 2 is 1.90 bits per heavy atom. The summed E-state index contributed by atoms with van der Waals surface area (Å²) in [5, 5.41) is 20.0. The molecule has 0 heterocycles. The number of aliphatic hydroxyl groups excluding tert-OH is 1. The van der Waals surface area contributed by atoms with Crippen molar-refractivity contribution in [1.82, 2.24) is 0 Å². The fraction of sp³-hybridized carbons (Fsp3) is 1.00. The normalized spacial score (nSPS) is 39.6. The monoisotopic (exact) mass is 284 g/mol. The molecule has 0 saturated heterocycles. The van der Waals surface area contributed by atoms with Crippen LogP contribution >= 0.6 is 0 Å². The standard InChI is InChI=1S/C17H32O3/c1-11-5-8-15(18)14-7-6-13(16(11)14)12(2)20-10-9-17(3,4)19/h11-16,18-19H,5-10H2,1-4H3/t11-,12-,13?,14?,15?,16?/m1/s1. The minimum atomic E-state index is -0.647. The molecule has 20 heavy (non-hydrogen) atoms. The van der Waals surface area contributed by atoms with Crippen molar-refractivity contribution in [1.29, 1.82) is 0 Å². The summed E-state index contributed by atoms with van der Waals surface area (Å²) in [6, 6.07) is 0. The van der Waals surface area contributed by atoms with Gasteiger partial charge in [0.15, 0.2) is 0 Å². The Kier molecular flexibility index (Phi) is 5.14. The maximum absolute atomic E-state index is 10.2. The Morgan fingerprint density at radius 1 is 1.20 bits per heavy atom. The molecule has 0 aromatic rings. The third-order valence-electron chi connectivity index (χ3n) is 5.59. The summed E-state index contributed by atoms with van der Waals surface area (Å²) in [4.78, 5) is 0. The Morgan fingerprint density at radius 3 is 2.55 bits per heavy atom. The summed E-state index contributed by atoms with van der Waals surface area (Å²) < 4.78 is 5.99. The fourth-order valence-corrected chi connectivity index (χ4v) is 4.39. The van der Waals surface area contributed by atoms with Crippen LogP contribution in [0, 0.1) is 23.7 Å². The Hall–Kier alpha value is -0.120. The van der Waals surface area contributed by atoms with Gasteiger partial charge in [-0.3, -0.25) is 0 Å². The quantitative estimate of drug-likeness (QED) is 0.816. The van der Waals surface area contributed by atoms with Gasteiger partial charge in [-0.1, -0.05) is 6.92 Å². The van der Waals surface area contributed by atoms with E-state index in [0.29, 0.717) is 36.7 Å². The first kappa shape index (κ1) is 16.3. The first-order chi connectivity index (χ1) is 9.29. The summed E-state index contributed by atoms with van der Waals surface area (Å²) in [5.41, 5.74) is -0.647. The predicted molar refractivity (Wildman–Crippen MR) is 80.4 cm³/mol. The molecule has 2 N–H and O–H groups in total. The van der Waals surface area contributed by atoms with Crippen LogP contribution in [-0.4, -0.2) is 34.6 Å². The fourth-order valence-electron chi connectivity index (χ4n) is 4.39. The van der Waals surface area contributed by atoms with Crippen LogP contribution in [0.25, 0.3) is 0 Å². The van der Waals surface area contributed by atoms with Gasteiger partial charge >= 0.3 is 0 Å². The van der Waals surface area contributed by atoms with E-state index in [2.05, 4.69) is 13.8 Å². The van der Waals surface area contributed by atoms with Crippen LogP contribution in [0.4, 0.5) is 0 Å². The van der Waals surface area contributed by atoms with E-state index in [-0.39, 0.29) is 12.2 Å². The minimum Gasteiger partial charge on any atom is -0.393 e. The summed E-state index contributed by atoms with van der Waals surface area (Å²) in [5.74, 6) is 2.39. The number of rotatable bonds is 5. The lowest BCUT2D eigenvalue weighted by atomic mass is 9.69. The number of hydrogen-bond donors (Lipinski definition) is 2. The molecule has 0 spiro atoms. The van der Waals surface area contributed by atoms with E-state index in [4.69, 9.17) is 4.74 Å². The van der Waals surface area contributed by atoms with E-state index < -0.39 is 5.60 Å². The molecule has 0 bridgehead atoms. The molecule has 3 nitrogen and oxygen atoms in total. The minimum absolute atomic E-state index is 0.0928. The Bertz CT molecular complexity index is 310. The van der Waals surface area contributed by atoms with Gasteiger partial charge in [-0.25, -0.2) is 0 Å². The molecule has 4 unspecified atom stereocenters. The number of fused-ring (bicyclic) bond motifs is 1. The van der Waals surface area contributed by atoms with Crippen LogP contribution in [0.3, 0.4) is 0 Å². The van der Waals surface area contributed by atoms with Crippen molar-refractivity contribution in [3.63, 3.8) is 0 Å². The third-order valence-corrected chi connectivity index (χ3v) is 5.59. The maximum Gasteiger partial charge on any atom is 0.0613 e. The molecule has 0 radical (unpaired) electrons. The predicted octanol–water partition coefficient (Wildman–Crippen LogP) is 2.99. The average Bonchev–Trinajstić information content (AvgIpc) is 2.78. The van der Waals surface area contributed by atoms with Gasteiger partial charge in [-0.05, 0) is 76.5 Å². The van der Waals surface area contributed by atoms with Gasteiger partial charge < -0.3 is 14.9 Å². The summed E-state index contributed by atoms with van der Waals surface area (Å²) in [7, 11) is 0. The van der Waals surface area contributed by atoms with Gasteiger partial charge in [0.05, 0.1) is 17.8 Å². The van der Waals surface area contributed by atoms with Crippen molar-refractivity contribution < 1.29 is 14.9 Å². The van der Waals surface area contributed by atoms with Crippen LogP contribution in [0.2, 0.25) is 0 Å². The molecular formula is C17H32O3. The molecule has 0 aromatic carbocycles. The van der Waals surface area contributed by atoms with Gasteiger partial charge in [0.1, 0.15) is 0 Å². The van der Waals surface area contributed by atoms with Crippen molar-refractivity contribution in [3.8, 4) is 0 Å². The summed E-state index contributed by atoms with van der Waals surface area (Å²) in [6.07, 6.45) is 5.28. The van der Waals surface area contributed by atoms with E-state index in [9.17, 15) is 10.2 Å². The molecule has 2 fully saturated rings. The topological polar surface area (TPSA) is 49.7 Å². The van der Waals surface area contributed by atoms with E-state index in [1.54, 1.807) is 0 Å². The molecule has 0 aromatic heterocycles.